The van der Waals surface area contributed by atoms with Gasteiger partial charge in [0.25, 0.3) is 0 Å². The van der Waals surface area contributed by atoms with E-state index in [1.807, 2.05) is 11.4 Å². The monoisotopic (exact) mass is 546 g/mol. The van der Waals surface area contributed by atoms with E-state index >= 15 is 0 Å². The lowest BCUT2D eigenvalue weighted by molar-refractivity contribution is 0.586. The van der Waals surface area contributed by atoms with Gasteiger partial charge in [0.1, 0.15) is 12.7 Å². The second-order valence-corrected chi connectivity index (χ2v) is 11.6. The first kappa shape index (κ1) is 23.6. The van der Waals surface area contributed by atoms with Crippen molar-refractivity contribution in [3.63, 3.8) is 0 Å². The molecule has 1 aliphatic carbocycles. The standard InChI is InChI=1S/C26H19ClN6O2S2/c27-20-4-6-22(7-5-20)37(34,35)30-9-1-2-21-11-19(14-36-21)25-24-12-18-10-17(13-33-16-28-15-29-33)3-8-23(18)26(24)32-31-25/h3-8,10-11,14-16,30H,9,12-13H2,(H,31,32). The Morgan fingerprint density at radius 3 is 2.84 bits per heavy atom. The van der Waals surface area contributed by atoms with Gasteiger partial charge in [0.05, 0.1) is 34.2 Å². The van der Waals surface area contributed by atoms with Crippen LogP contribution in [0.15, 0.2) is 71.5 Å². The number of nitrogens with one attached hydrogen (secondary N) is 2. The zero-order valence-corrected chi connectivity index (χ0v) is 21.7. The summed E-state index contributed by atoms with van der Waals surface area (Å²) in [5.41, 5.74) is 7.71. The molecule has 0 unspecified atom stereocenters. The SMILES string of the molecule is O=S(=O)(NCC#Cc1cc(-c2n[nH]c3c2Cc2cc(Cn4cncn4)ccc2-3)cs1)c1ccc(Cl)cc1. The van der Waals surface area contributed by atoms with Gasteiger partial charge in [-0.1, -0.05) is 41.6 Å². The number of halogens is 1. The van der Waals surface area contributed by atoms with Crippen LogP contribution in [0.5, 0.6) is 0 Å². The number of rotatable bonds is 6. The molecule has 3 heterocycles. The molecule has 184 valence electrons. The van der Waals surface area contributed by atoms with Crippen LogP contribution in [0.1, 0.15) is 21.6 Å². The van der Waals surface area contributed by atoms with Crippen molar-refractivity contribution in [2.45, 2.75) is 17.9 Å². The number of hydrogen-bond donors (Lipinski definition) is 2. The van der Waals surface area contributed by atoms with Crippen molar-refractivity contribution in [2.75, 3.05) is 6.54 Å². The number of aromatic nitrogens is 5. The van der Waals surface area contributed by atoms with E-state index in [0.29, 0.717) is 11.6 Å². The van der Waals surface area contributed by atoms with Gasteiger partial charge in [-0.05, 0) is 41.5 Å². The maximum Gasteiger partial charge on any atom is 0.241 e. The van der Waals surface area contributed by atoms with E-state index in [0.717, 1.165) is 28.2 Å². The first-order chi connectivity index (χ1) is 18.0. The van der Waals surface area contributed by atoms with Crippen LogP contribution >= 0.6 is 22.9 Å². The summed E-state index contributed by atoms with van der Waals surface area (Å²) in [5, 5.41) is 14.5. The largest absolute Gasteiger partial charge is 0.277 e. The number of fused-ring (bicyclic) bond motifs is 3. The van der Waals surface area contributed by atoms with Gasteiger partial charge in [0.15, 0.2) is 0 Å². The lowest BCUT2D eigenvalue weighted by atomic mass is 10.1. The minimum atomic E-state index is -3.64. The Labute approximate surface area is 222 Å². The second-order valence-electron chi connectivity index (χ2n) is 8.47. The maximum absolute atomic E-state index is 12.4. The van der Waals surface area contributed by atoms with Gasteiger partial charge < -0.3 is 0 Å². The van der Waals surface area contributed by atoms with Crippen LogP contribution < -0.4 is 4.72 Å². The third kappa shape index (κ3) is 4.82. The van der Waals surface area contributed by atoms with Crippen molar-refractivity contribution in [1.29, 1.82) is 0 Å². The number of H-pyrrole nitrogens is 1. The maximum atomic E-state index is 12.4. The highest BCUT2D eigenvalue weighted by Gasteiger charge is 2.25. The molecule has 6 rings (SSSR count). The van der Waals surface area contributed by atoms with Crippen molar-refractivity contribution in [1.82, 2.24) is 29.7 Å². The van der Waals surface area contributed by atoms with Crippen LogP contribution in [0.3, 0.4) is 0 Å². The molecular weight excluding hydrogens is 528 g/mol. The van der Waals surface area contributed by atoms with Crippen molar-refractivity contribution >= 4 is 33.0 Å². The van der Waals surface area contributed by atoms with Gasteiger partial charge in [-0.25, -0.2) is 18.1 Å². The molecule has 0 radical (unpaired) electrons. The first-order valence-corrected chi connectivity index (χ1v) is 14.1. The van der Waals surface area contributed by atoms with E-state index in [4.69, 9.17) is 11.6 Å². The molecule has 11 heteroatoms. The second kappa shape index (κ2) is 9.61. The molecule has 3 aromatic heterocycles. The van der Waals surface area contributed by atoms with E-state index < -0.39 is 10.0 Å². The fraction of sp³-hybridized carbons (Fsp3) is 0.115. The molecule has 8 nitrogen and oxygen atoms in total. The summed E-state index contributed by atoms with van der Waals surface area (Å²) in [6.07, 6.45) is 4.05. The van der Waals surface area contributed by atoms with Gasteiger partial charge >= 0.3 is 0 Å². The fourth-order valence-electron chi connectivity index (χ4n) is 4.31. The molecule has 0 atom stereocenters. The van der Waals surface area contributed by atoms with Gasteiger partial charge in [-0.15, -0.1) is 11.3 Å². The summed E-state index contributed by atoms with van der Waals surface area (Å²) in [6.45, 7) is 0.678. The van der Waals surface area contributed by atoms with Crippen LogP contribution in [-0.4, -0.2) is 39.9 Å². The molecule has 0 fully saturated rings. The summed E-state index contributed by atoms with van der Waals surface area (Å²) in [7, 11) is -3.64. The Hall–Kier alpha value is -3.75. The van der Waals surface area contributed by atoms with Gasteiger partial charge in [0, 0.05) is 33.5 Å². The lowest BCUT2D eigenvalue weighted by Crippen LogP contribution is -2.23. The highest BCUT2D eigenvalue weighted by atomic mass is 35.5. The van der Waals surface area contributed by atoms with Crippen molar-refractivity contribution in [3.8, 4) is 34.4 Å². The zero-order valence-electron chi connectivity index (χ0n) is 19.3. The van der Waals surface area contributed by atoms with E-state index in [1.54, 1.807) is 11.0 Å². The van der Waals surface area contributed by atoms with E-state index in [9.17, 15) is 8.42 Å². The highest BCUT2D eigenvalue weighted by molar-refractivity contribution is 7.89. The number of nitrogens with zero attached hydrogens (tertiary/aromatic N) is 4. The highest BCUT2D eigenvalue weighted by Crippen LogP contribution is 2.41. The molecule has 2 N–H and O–H groups in total. The molecule has 0 amide bonds. The third-order valence-electron chi connectivity index (χ3n) is 6.04. The first-order valence-electron chi connectivity index (χ1n) is 11.3. The third-order valence-corrected chi connectivity index (χ3v) is 8.56. The van der Waals surface area contributed by atoms with Crippen molar-refractivity contribution in [2.24, 2.45) is 0 Å². The summed E-state index contributed by atoms with van der Waals surface area (Å²) >= 11 is 7.33. The lowest BCUT2D eigenvalue weighted by Gasteiger charge is -2.05. The minimum absolute atomic E-state index is 0.00221. The summed E-state index contributed by atoms with van der Waals surface area (Å²) in [6, 6.07) is 14.4. The molecule has 1 aliphatic rings. The molecule has 0 saturated carbocycles. The Morgan fingerprint density at radius 1 is 1.16 bits per heavy atom. The number of aromatic amines is 1. The molecular formula is C26H19ClN6O2S2. The van der Waals surface area contributed by atoms with Gasteiger partial charge in [-0.3, -0.25) is 5.10 Å². The number of sulfonamides is 1. The number of benzene rings is 2. The average Bonchev–Trinajstić information content (AvgIpc) is 3.67. The van der Waals surface area contributed by atoms with Crippen LogP contribution in [0, 0.1) is 11.8 Å². The Balaban J connectivity index is 1.14. The predicted molar refractivity (Wildman–Crippen MR) is 143 cm³/mol. The van der Waals surface area contributed by atoms with Gasteiger partial charge in [0.2, 0.25) is 10.0 Å². The number of thiophene rings is 1. The number of hydrogen-bond acceptors (Lipinski definition) is 6. The smallest absolute Gasteiger partial charge is 0.241 e. The Morgan fingerprint density at radius 2 is 2.03 bits per heavy atom. The molecule has 0 bridgehead atoms. The van der Waals surface area contributed by atoms with E-state index in [2.05, 4.69) is 55.0 Å². The van der Waals surface area contributed by atoms with Gasteiger partial charge in [-0.2, -0.15) is 14.9 Å². The minimum Gasteiger partial charge on any atom is -0.277 e. The van der Waals surface area contributed by atoms with E-state index in [-0.39, 0.29) is 11.4 Å². The molecule has 0 spiro atoms. The zero-order chi connectivity index (χ0) is 25.4. The molecule has 0 saturated heterocycles. The van der Waals surface area contributed by atoms with E-state index in [1.165, 1.54) is 64.2 Å². The molecule has 0 aliphatic heterocycles. The fourth-order valence-corrected chi connectivity index (χ4v) is 6.12. The van der Waals surface area contributed by atoms with Crippen LogP contribution in [0.2, 0.25) is 5.02 Å². The summed E-state index contributed by atoms with van der Waals surface area (Å²) in [4.78, 5) is 4.99. The average molecular weight is 547 g/mol. The predicted octanol–water partition coefficient (Wildman–Crippen LogP) is 4.33. The Bertz CT molecular complexity index is 1760. The van der Waals surface area contributed by atoms with Crippen LogP contribution in [0.4, 0.5) is 0 Å². The summed E-state index contributed by atoms with van der Waals surface area (Å²) < 4.78 is 29.1. The topological polar surface area (TPSA) is 106 Å². The van der Waals surface area contributed by atoms with Crippen molar-refractivity contribution in [3.05, 3.63) is 93.2 Å². The molecule has 2 aromatic carbocycles. The van der Waals surface area contributed by atoms with Crippen LogP contribution in [-0.2, 0) is 23.0 Å². The van der Waals surface area contributed by atoms with Crippen LogP contribution in [0.25, 0.3) is 22.5 Å². The molecule has 5 aromatic rings. The Kier molecular flexibility index (Phi) is 6.14. The molecule has 37 heavy (non-hydrogen) atoms. The summed E-state index contributed by atoms with van der Waals surface area (Å²) in [5.74, 6) is 5.94. The van der Waals surface area contributed by atoms with Crippen molar-refractivity contribution < 1.29 is 8.42 Å². The quantitative estimate of drug-likeness (QED) is 0.302. The normalized spacial score (nSPS) is 12.1.